The number of aliphatic hydroxyl groups is 1. The Kier molecular flexibility index (Phi) is 2.49. The van der Waals surface area contributed by atoms with Crippen molar-refractivity contribution in [2.45, 2.75) is 25.9 Å². The van der Waals surface area contributed by atoms with Crippen molar-refractivity contribution in [2.24, 2.45) is 5.92 Å². The van der Waals surface area contributed by atoms with Crippen molar-refractivity contribution in [3.8, 4) is 0 Å². The first-order chi connectivity index (χ1) is 4.38. The van der Waals surface area contributed by atoms with E-state index in [1.165, 1.54) is 0 Å². The van der Waals surface area contributed by atoms with Crippen LogP contribution in [0.2, 0.25) is 0 Å². The summed E-state index contributed by atoms with van der Waals surface area (Å²) in [5.74, 6) is 0.412. The van der Waals surface area contributed by atoms with Crippen molar-refractivity contribution in [1.82, 2.24) is 0 Å². The molecule has 9 heavy (non-hydrogen) atoms. The highest BCUT2D eigenvalue weighted by Crippen LogP contribution is 2.22. The monoisotopic (exact) mass is 130 g/mol. The summed E-state index contributed by atoms with van der Waals surface area (Å²) in [6.07, 6.45) is 2.40. The van der Waals surface area contributed by atoms with Gasteiger partial charge in [0.2, 0.25) is 0 Å². The molecule has 0 amide bonds. The molecule has 1 saturated heterocycles. The Morgan fingerprint density at radius 2 is 2.44 bits per heavy atom. The highest BCUT2D eigenvalue weighted by molar-refractivity contribution is 4.73. The van der Waals surface area contributed by atoms with E-state index in [4.69, 9.17) is 9.84 Å². The van der Waals surface area contributed by atoms with Gasteiger partial charge >= 0.3 is 0 Å². The van der Waals surface area contributed by atoms with Gasteiger partial charge in [-0.15, -0.1) is 0 Å². The molecule has 2 atom stereocenters. The third-order valence-corrected chi connectivity index (χ3v) is 1.98. The summed E-state index contributed by atoms with van der Waals surface area (Å²) in [6.45, 7) is 3.22. The summed E-state index contributed by atoms with van der Waals surface area (Å²) in [5, 5.41) is 8.79. The van der Waals surface area contributed by atoms with Crippen LogP contribution in [-0.4, -0.2) is 24.4 Å². The molecule has 54 valence electrons. The van der Waals surface area contributed by atoms with Gasteiger partial charge in [-0.1, -0.05) is 6.92 Å². The highest BCUT2D eigenvalue weighted by atomic mass is 16.5. The maximum atomic E-state index is 8.79. The average Bonchev–Trinajstić information content (AvgIpc) is 2.33. The van der Waals surface area contributed by atoms with Crippen LogP contribution in [0.3, 0.4) is 0 Å². The van der Waals surface area contributed by atoms with Gasteiger partial charge in [-0.2, -0.15) is 0 Å². The van der Waals surface area contributed by atoms with Gasteiger partial charge in [-0.3, -0.25) is 0 Å². The van der Waals surface area contributed by atoms with Crippen LogP contribution in [0.4, 0.5) is 0 Å². The zero-order chi connectivity index (χ0) is 6.69. The molecule has 0 radical (unpaired) electrons. The lowest BCUT2D eigenvalue weighted by molar-refractivity contribution is 0.0696. The standard InChI is InChI=1S/C7H14O2/c1-2-7-6(5-8)3-4-9-7/h6-8H,2-5H2,1H3. The van der Waals surface area contributed by atoms with E-state index in [1.807, 2.05) is 0 Å². The Morgan fingerprint density at radius 3 is 2.89 bits per heavy atom. The topological polar surface area (TPSA) is 29.5 Å². The predicted octanol–water partition coefficient (Wildman–Crippen LogP) is 0.794. The smallest absolute Gasteiger partial charge is 0.0623 e. The molecule has 1 heterocycles. The molecule has 2 unspecified atom stereocenters. The van der Waals surface area contributed by atoms with Gasteiger partial charge < -0.3 is 9.84 Å². The molecule has 1 fully saturated rings. The Balaban J connectivity index is 2.32. The third-order valence-electron chi connectivity index (χ3n) is 1.98. The Bertz CT molecular complexity index is 73.0. The molecule has 0 bridgehead atoms. The van der Waals surface area contributed by atoms with E-state index >= 15 is 0 Å². The largest absolute Gasteiger partial charge is 0.396 e. The summed E-state index contributed by atoms with van der Waals surface area (Å²) in [5.41, 5.74) is 0. The van der Waals surface area contributed by atoms with E-state index in [2.05, 4.69) is 6.92 Å². The number of aliphatic hydroxyl groups excluding tert-OH is 1. The summed E-state index contributed by atoms with van der Waals surface area (Å²) in [7, 11) is 0. The Morgan fingerprint density at radius 1 is 1.67 bits per heavy atom. The average molecular weight is 130 g/mol. The molecule has 0 aromatic rings. The van der Waals surface area contributed by atoms with E-state index in [0.29, 0.717) is 18.6 Å². The van der Waals surface area contributed by atoms with Gasteiger partial charge in [-0.05, 0) is 12.8 Å². The van der Waals surface area contributed by atoms with E-state index in [-0.39, 0.29) is 0 Å². The van der Waals surface area contributed by atoms with Crippen LogP contribution in [0, 0.1) is 5.92 Å². The van der Waals surface area contributed by atoms with Crippen molar-refractivity contribution in [3.63, 3.8) is 0 Å². The maximum absolute atomic E-state index is 8.79. The minimum Gasteiger partial charge on any atom is -0.396 e. The Hall–Kier alpha value is -0.0800. The molecule has 0 saturated carbocycles. The van der Waals surface area contributed by atoms with E-state index in [9.17, 15) is 0 Å². The summed E-state index contributed by atoms with van der Waals surface area (Å²) < 4.78 is 5.35. The molecular formula is C7H14O2. The lowest BCUT2D eigenvalue weighted by atomic mass is 10.0. The van der Waals surface area contributed by atoms with Crippen LogP contribution in [0.5, 0.6) is 0 Å². The molecule has 1 N–H and O–H groups in total. The van der Waals surface area contributed by atoms with Crippen LogP contribution >= 0.6 is 0 Å². The molecular weight excluding hydrogens is 116 g/mol. The summed E-state index contributed by atoms with van der Waals surface area (Å²) >= 11 is 0. The summed E-state index contributed by atoms with van der Waals surface area (Å²) in [6, 6.07) is 0. The Labute approximate surface area is 55.8 Å². The van der Waals surface area contributed by atoms with Crippen LogP contribution in [0.25, 0.3) is 0 Å². The zero-order valence-corrected chi connectivity index (χ0v) is 5.84. The normalized spacial score (nSPS) is 35.3. The zero-order valence-electron chi connectivity index (χ0n) is 5.84. The van der Waals surface area contributed by atoms with E-state index < -0.39 is 0 Å². The van der Waals surface area contributed by atoms with Crippen LogP contribution < -0.4 is 0 Å². The molecule has 2 heteroatoms. The molecule has 1 aliphatic heterocycles. The first kappa shape index (κ1) is 7.03. The van der Waals surface area contributed by atoms with E-state index in [1.54, 1.807) is 0 Å². The second-order valence-corrected chi connectivity index (χ2v) is 2.55. The fourth-order valence-electron chi connectivity index (χ4n) is 1.35. The van der Waals surface area contributed by atoms with E-state index in [0.717, 1.165) is 19.4 Å². The van der Waals surface area contributed by atoms with Crippen LogP contribution in [-0.2, 0) is 4.74 Å². The van der Waals surface area contributed by atoms with Gasteiger partial charge in [-0.25, -0.2) is 0 Å². The van der Waals surface area contributed by atoms with Gasteiger partial charge in [0, 0.05) is 19.1 Å². The molecule has 0 aromatic carbocycles. The lowest BCUT2D eigenvalue weighted by Crippen LogP contribution is -2.17. The highest BCUT2D eigenvalue weighted by Gasteiger charge is 2.25. The van der Waals surface area contributed by atoms with Gasteiger partial charge in [0.15, 0.2) is 0 Å². The minimum atomic E-state index is 0.290. The lowest BCUT2D eigenvalue weighted by Gasteiger charge is -2.12. The minimum absolute atomic E-state index is 0.290. The second kappa shape index (κ2) is 3.18. The number of hydrogen-bond acceptors (Lipinski definition) is 2. The van der Waals surface area contributed by atoms with Crippen molar-refractivity contribution in [1.29, 1.82) is 0 Å². The van der Waals surface area contributed by atoms with Crippen molar-refractivity contribution in [2.75, 3.05) is 13.2 Å². The predicted molar refractivity (Wildman–Crippen MR) is 35.2 cm³/mol. The van der Waals surface area contributed by atoms with Crippen molar-refractivity contribution >= 4 is 0 Å². The van der Waals surface area contributed by atoms with Crippen LogP contribution in [0.1, 0.15) is 19.8 Å². The molecule has 0 aliphatic carbocycles. The molecule has 0 aromatic heterocycles. The molecule has 0 spiro atoms. The first-order valence-corrected chi connectivity index (χ1v) is 3.61. The second-order valence-electron chi connectivity index (χ2n) is 2.55. The SMILES string of the molecule is CCC1OCCC1CO. The number of rotatable bonds is 2. The fraction of sp³-hybridized carbons (Fsp3) is 1.00. The molecule has 1 rings (SSSR count). The fourth-order valence-corrected chi connectivity index (χ4v) is 1.35. The van der Waals surface area contributed by atoms with Gasteiger partial charge in [0.1, 0.15) is 0 Å². The quantitative estimate of drug-likeness (QED) is 0.599. The van der Waals surface area contributed by atoms with Crippen LogP contribution in [0.15, 0.2) is 0 Å². The maximum Gasteiger partial charge on any atom is 0.0623 e. The number of ether oxygens (including phenoxy) is 1. The van der Waals surface area contributed by atoms with Crippen molar-refractivity contribution < 1.29 is 9.84 Å². The van der Waals surface area contributed by atoms with Crippen molar-refractivity contribution in [3.05, 3.63) is 0 Å². The summed E-state index contributed by atoms with van der Waals surface area (Å²) in [4.78, 5) is 0. The first-order valence-electron chi connectivity index (χ1n) is 3.61. The van der Waals surface area contributed by atoms with Gasteiger partial charge in [0.25, 0.3) is 0 Å². The van der Waals surface area contributed by atoms with Gasteiger partial charge in [0.05, 0.1) is 6.10 Å². The number of hydrogen-bond donors (Lipinski definition) is 1. The molecule has 2 nitrogen and oxygen atoms in total. The molecule has 1 aliphatic rings. The third kappa shape index (κ3) is 1.43.